The summed E-state index contributed by atoms with van der Waals surface area (Å²) < 4.78 is 0. The van der Waals surface area contributed by atoms with Crippen LogP contribution in [0.3, 0.4) is 0 Å². The Morgan fingerprint density at radius 3 is 2.90 bits per heavy atom. The molecule has 3 aromatic rings. The molecule has 2 aromatic heterocycles. The molecular weight excluding hydrogens is 402 g/mol. The molecule has 0 spiro atoms. The van der Waals surface area contributed by atoms with Gasteiger partial charge in [0.2, 0.25) is 5.91 Å². The third-order valence-electron chi connectivity index (χ3n) is 5.35. The van der Waals surface area contributed by atoms with E-state index in [-0.39, 0.29) is 17.5 Å². The first kappa shape index (κ1) is 18.4. The first-order valence-electron chi connectivity index (χ1n) is 9.48. The van der Waals surface area contributed by atoms with E-state index in [1.165, 1.54) is 18.6 Å². The van der Waals surface area contributed by atoms with Crippen LogP contribution in [0.2, 0.25) is 0 Å². The van der Waals surface area contributed by atoms with Crippen molar-refractivity contribution >= 4 is 34.7 Å². The van der Waals surface area contributed by atoms with Crippen LogP contribution < -0.4 is 10.6 Å². The molecule has 4 heterocycles. The zero-order valence-electron chi connectivity index (χ0n) is 15.7. The number of amides is 3. The fraction of sp³-hybridized carbons (Fsp3) is 0.190. The number of benzene rings is 1. The number of nitrogens with zero attached hydrogens (tertiary/aromatic N) is 3. The van der Waals surface area contributed by atoms with E-state index in [1.807, 2.05) is 29.6 Å². The van der Waals surface area contributed by atoms with Crippen LogP contribution in [0.4, 0.5) is 5.69 Å². The van der Waals surface area contributed by atoms with E-state index >= 15 is 0 Å². The monoisotopic (exact) mass is 419 g/mol. The van der Waals surface area contributed by atoms with Gasteiger partial charge < -0.3 is 15.5 Å². The molecule has 0 radical (unpaired) electrons. The van der Waals surface area contributed by atoms with E-state index in [0.717, 1.165) is 10.4 Å². The van der Waals surface area contributed by atoms with Gasteiger partial charge in [-0.2, -0.15) is 0 Å². The normalized spacial score (nSPS) is 20.2. The summed E-state index contributed by atoms with van der Waals surface area (Å²) in [6.45, 7) is 0.380. The standard InChI is InChI=1S/C21H17N5O3S/c27-19(16-11-22-6-7-23-16)25-15-5-8-26-18(15)20(28)24-14-4-3-12(10-13(14)21(26)29)17-2-1-9-30-17/h1-4,6-7,9-11,15,18H,5,8H2,(H,24,28)(H,25,27)/t15-,18-/m0/s1. The van der Waals surface area contributed by atoms with Gasteiger partial charge >= 0.3 is 0 Å². The zero-order chi connectivity index (χ0) is 20.7. The van der Waals surface area contributed by atoms with Crippen LogP contribution in [-0.2, 0) is 4.79 Å². The number of aromatic nitrogens is 2. The second kappa shape index (κ2) is 7.34. The van der Waals surface area contributed by atoms with E-state index in [0.29, 0.717) is 24.2 Å². The predicted octanol–water partition coefficient (Wildman–Crippen LogP) is 2.17. The van der Waals surface area contributed by atoms with Gasteiger partial charge in [-0.25, -0.2) is 4.98 Å². The molecule has 0 saturated carbocycles. The molecule has 30 heavy (non-hydrogen) atoms. The van der Waals surface area contributed by atoms with Crippen molar-refractivity contribution in [3.63, 3.8) is 0 Å². The summed E-state index contributed by atoms with van der Waals surface area (Å²) in [6.07, 6.45) is 4.75. The molecule has 2 aliphatic heterocycles. The van der Waals surface area contributed by atoms with Crippen LogP contribution in [-0.4, -0.2) is 51.2 Å². The summed E-state index contributed by atoms with van der Waals surface area (Å²) in [7, 11) is 0. The molecule has 0 unspecified atom stereocenters. The molecule has 0 bridgehead atoms. The highest BCUT2D eigenvalue weighted by Crippen LogP contribution is 2.33. The Balaban J connectivity index is 1.43. The first-order valence-corrected chi connectivity index (χ1v) is 10.4. The minimum Gasteiger partial charge on any atom is -0.345 e. The zero-order valence-corrected chi connectivity index (χ0v) is 16.6. The van der Waals surface area contributed by atoms with Crippen LogP contribution in [0.15, 0.2) is 54.3 Å². The van der Waals surface area contributed by atoms with Gasteiger partial charge in [0, 0.05) is 23.8 Å². The van der Waals surface area contributed by atoms with Crippen LogP contribution in [0.1, 0.15) is 27.3 Å². The molecule has 2 atom stereocenters. The minimum absolute atomic E-state index is 0.167. The number of hydrogen-bond donors (Lipinski definition) is 2. The van der Waals surface area contributed by atoms with Crippen molar-refractivity contribution in [2.45, 2.75) is 18.5 Å². The number of hydrogen-bond acceptors (Lipinski definition) is 6. The van der Waals surface area contributed by atoms with E-state index in [2.05, 4.69) is 20.6 Å². The fourth-order valence-corrected chi connectivity index (χ4v) is 4.67. The van der Waals surface area contributed by atoms with Crippen molar-refractivity contribution in [3.05, 3.63) is 65.6 Å². The molecule has 5 rings (SSSR count). The number of fused-ring (bicyclic) bond motifs is 2. The highest BCUT2D eigenvalue weighted by Gasteiger charge is 2.45. The fourth-order valence-electron chi connectivity index (χ4n) is 3.94. The van der Waals surface area contributed by atoms with E-state index in [1.54, 1.807) is 22.3 Å². The number of carbonyl (C=O) groups is 3. The van der Waals surface area contributed by atoms with Crippen LogP contribution >= 0.6 is 11.3 Å². The van der Waals surface area contributed by atoms with Gasteiger partial charge in [-0.1, -0.05) is 12.1 Å². The van der Waals surface area contributed by atoms with Gasteiger partial charge in [0.05, 0.1) is 23.5 Å². The minimum atomic E-state index is -0.782. The summed E-state index contributed by atoms with van der Waals surface area (Å²) in [5, 5.41) is 7.68. The molecule has 3 amide bonds. The van der Waals surface area contributed by atoms with Crippen molar-refractivity contribution in [1.82, 2.24) is 20.2 Å². The summed E-state index contributed by atoms with van der Waals surface area (Å²) in [4.78, 5) is 49.2. The Bertz CT molecular complexity index is 1130. The number of rotatable bonds is 3. The summed E-state index contributed by atoms with van der Waals surface area (Å²) in [5.74, 6) is -0.951. The summed E-state index contributed by atoms with van der Waals surface area (Å²) >= 11 is 1.59. The van der Waals surface area contributed by atoms with Gasteiger partial charge in [0.15, 0.2) is 0 Å². The Morgan fingerprint density at radius 2 is 2.13 bits per heavy atom. The maximum absolute atomic E-state index is 13.3. The van der Waals surface area contributed by atoms with E-state index in [9.17, 15) is 14.4 Å². The molecule has 150 valence electrons. The Kier molecular flexibility index (Phi) is 4.51. The highest BCUT2D eigenvalue weighted by atomic mass is 32.1. The number of carbonyl (C=O) groups excluding carboxylic acids is 3. The Labute approximate surface area is 176 Å². The molecule has 1 aromatic carbocycles. The van der Waals surface area contributed by atoms with E-state index in [4.69, 9.17) is 0 Å². The first-order chi connectivity index (χ1) is 14.6. The lowest BCUT2D eigenvalue weighted by Crippen LogP contribution is -2.51. The van der Waals surface area contributed by atoms with Crippen molar-refractivity contribution in [1.29, 1.82) is 0 Å². The summed E-state index contributed by atoms with van der Waals surface area (Å²) in [6, 6.07) is 8.12. The maximum atomic E-state index is 13.3. The summed E-state index contributed by atoms with van der Waals surface area (Å²) in [5.41, 5.74) is 2.04. The smallest absolute Gasteiger partial charge is 0.271 e. The molecule has 8 nitrogen and oxygen atoms in total. The van der Waals surface area contributed by atoms with Crippen LogP contribution in [0.5, 0.6) is 0 Å². The molecule has 9 heteroatoms. The largest absolute Gasteiger partial charge is 0.345 e. The van der Waals surface area contributed by atoms with Crippen molar-refractivity contribution < 1.29 is 14.4 Å². The Hall–Kier alpha value is -3.59. The molecule has 2 aliphatic rings. The lowest BCUT2D eigenvalue weighted by atomic mass is 10.1. The third kappa shape index (κ3) is 3.13. The topological polar surface area (TPSA) is 104 Å². The second-order valence-corrected chi connectivity index (χ2v) is 8.08. The van der Waals surface area contributed by atoms with Crippen molar-refractivity contribution in [2.75, 3.05) is 11.9 Å². The Morgan fingerprint density at radius 1 is 1.23 bits per heavy atom. The molecule has 1 fully saturated rings. The van der Waals surface area contributed by atoms with Gasteiger partial charge in [-0.15, -0.1) is 11.3 Å². The van der Waals surface area contributed by atoms with Gasteiger partial charge in [0.25, 0.3) is 11.8 Å². The molecule has 1 saturated heterocycles. The lowest BCUT2D eigenvalue weighted by molar-refractivity contribution is -0.120. The lowest BCUT2D eigenvalue weighted by Gasteiger charge is -2.24. The second-order valence-electron chi connectivity index (χ2n) is 7.13. The van der Waals surface area contributed by atoms with Crippen LogP contribution in [0.25, 0.3) is 10.4 Å². The van der Waals surface area contributed by atoms with Gasteiger partial charge in [0.1, 0.15) is 11.7 Å². The van der Waals surface area contributed by atoms with Crippen LogP contribution in [0, 0.1) is 0 Å². The molecular formula is C21H17N5O3S. The number of thiophene rings is 1. The van der Waals surface area contributed by atoms with Gasteiger partial charge in [-0.3, -0.25) is 19.4 Å². The SMILES string of the molecule is O=C(N[C@H]1CCN2C(=O)c3cc(-c4cccs4)ccc3NC(=O)[C@H]12)c1cnccn1. The third-order valence-corrected chi connectivity index (χ3v) is 6.27. The quantitative estimate of drug-likeness (QED) is 0.677. The van der Waals surface area contributed by atoms with E-state index < -0.39 is 18.0 Å². The predicted molar refractivity (Wildman–Crippen MR) is 111 cm³/mol. The van der Waals surface area contributed by atoms with Crippen molar-refractivity contribution in [3.8, 4) is 10.4 Å². The number of anilines is 1. The average Bonchev–Trinajstić information content (AvgIpc) is 3.42. The highest BCUT2D eigenvalue weighted by molar-refractivity contribution is 7.13. The van der Waals surface area contributed by atoms with Crippen molar-refractivity contribution in [2.24, 2.45) is 0 Å². The molecule has 0 aliphatic carbocycles. The maximum Gasteiger partial charge on any atom is 0.271 e. The molecule has 2 N–H and O–H groups in total. The average molecular weight is 419 g/mol. The number of nitrogens with one attached hydrogen (secondary N) is 2. The van der Waals surface area contributed by atoms with Gasteiger partial charge in [-0.05, 0) is 35.6 Å².